The Hall–Kier alpha value is -1.12. The van der Waals surface area contributed by atoms with E-state index in [1.165, 1.54) is 0 Å². The van der Waals surface area contributed by atoms with E-state index >= 15 is 0 Å². The summed E-state index contributed by atoms with van der Waals surface area (Å²) in [6.07, 6.45) is 1.79. The first kappa shape index (κ1) is 8.97. The molecule has 0 saturated heterocycles. The maximum Gasteiger partial charge on any atom is 0.235 e. The zero-order valence-electron chi connectivity index (χ0n) is 7.96. The lowest BCUT2D eigenvalue weighted by atomic mass is 10.1. The van der Waals surface area contributed by atoms with Gasteiger partial charge in [-0.25, -0.2) is 4.98 Å². The van der Waals surface area contributed by atoms with Gasteiger partial charge in [0.25, 0.3) is 0 Å². The lowest BCUT2D eigenvalue weighted by Gasteiger charge is -2.07. The summed E-state index contributed by atoms with van der Waals surface area (Å²) in [5, 5.41) is 0. The SMILES string of the molecule is COc1nc(C(C)C)cnc1C. The maximum absolute atomic E-state index is 5.06. The summed E-state index contributed by atoms with van der Waals surface area (Å²) in [5.74, 6) is 1.02. The minimum absolute atomic E-state index is 0.395. The Bertz CT molecular complexity index is 271. The molecule has 0 aromatic carbocycles. The maximum atomic E-state index is 5.06. The van der Waals surface area contributed by atoms with E-state index in [1.54, 1.807) is 13.3 Å². The van der Waals surface area contributed by atoms with Crippen LogP contribution in [0.25, 0.3) is 0 Å². The molecule has 1 aromatic rings. The van der Waals surface area contributed by atoms with Crippen molar-refractivity contribution in [1.82, 2.24) is 9.97 Å². The summed E-state index contributed by atoms with van der Waals surface area (Å²) < 4.78 is 5.06. The predicted molar refractivity (Wildman–Crippen MR) is 47.4 cm³/mol. The molecule has 0 saturated carbocycles. The number of rotatable bonds is 2. The van der Waals surface area contributed by atoms with Crippen LogP contribution in [-0.4, -0.2) is 17.1 Å². The zero-order valence-corrected chi connectivity index (χ0v) is 7.96. The van der Waals surface area contributed by atoms with Crippen LogP contribution in [0.1, 0.15) is 31.2 Å². The molecular weight excluding hydrogens is 152 g/mol. The van der Waals surface area contributed by atoms with E-state index in [0.717, 1.165) is 11.4 Å². The third-order valence-electron chi connectivity index (χ3n) is 1.72. The lowest BCUT2D eigenvalue weighted by molar-refractivity contribution is 0.389. The van der Waals surface area contributed by atoms with Crippen molar-refractivity contribution in [1.29, 1.82) is 0 Å². The van der Waals surface area contributed by atoms with Gasteiger partial charge >= 0.3 is 0 Å². The Morgan fingerprint density at radius 2 is 2.08 bits per heavy atom. The van der Waals surface area contributed by atoms with E-state index in [2.05, 4.69) is 23.8 Å². The molecule has 0 aliphatic carbocycles. The third-order valence-corrected chi connectivity index (χ3v) is 1.72. The van der Waals surface area contributed by atoms with Crippen LogP contribution in [0.5, 0.6) is 5.88 Å². The van der Waals surface area contributed by atoms with Crippen molar-refractivity contribution in [3.8, 4) is 5.88 Å². The fraction of sp³-hybridized carbons (Fsp3) is 0.556. The average molecular weight is 166 g/mol. The Morgan fingerprint density at radius 3 is 2.58 bits per heavy atom. The Kier molecular flexibility index (Phi) is 2.63. The Balaban J connectivity index is 3.05. The topological polar surface area (TPSA) is 35.0 Å². The van der Waals surface area contributed by atoms with E-state index in [9.17, 15) is 0 Å². The molecule has 0 bridgehead atoms. The van der Waals surface area contributed by atoms with Gasteiger partial charge < -0.3 is 4.74 Å². The molecule has 0 atom stereocenters. The molecule has 3 nitrogen and oxygen atoms in total. The van der Waals surface area contributed by atoms with E-state index in [4.69, 9.17) is 4.74 Å². The number of hydrogen-bond acceptors (Lipinski definition) is 3. The molecular formula is C9H14N2O. The second-order valence-electron chi connectivity index (χ2n) is 3.04. The molecule has 12 heavy (non-hydrogen) atoms. The van der Waals surface area contributed by atoms with Crippen LogP contribution in [0.15, 0.2) is 6.20 Å². The molecule has 0 aliphatic rings. The van der Waals surface area contributed by atoms with Crippen molar-refractivity contribution < 1.29 is 4.74 Å². The summed E-state index contributed by atoms with van der Waals surface area (Å²) >= 11 is 0. The van der Waals surface area contributed by atoms with Gasteiger partial charge in [-0.05, 0) is 12.8 Å². The largest absolute Gasteiger partial charge is 0.480 e. The molecule has 0 fully saturated rings. The number of ether oxygens (including phenoxy) is 1. The van der Waals surface area contributed by atoms with Crippen LogP contribution in [0.4, 0.5) is 0 Å². The average Bonchev–Trinajstić information content (AvgIpc) is 2.05. The Morgan fingerprint density at radius 1 is 1.42 bits per heavy atom. The highest BCUT2D eigenvalue weighted by Gasteiger charge is 2.05. The van der Waals surface area contributed by atoms with Gasteiger partial charge in [0.15, 0.2) is 0 Å². The number of aryl methyl sites for hydroxylation is 1. The van der Waals surface area contributed by atoms with Crippen LogP contribution < -0.4 is 4.74 Å². The van der Waals surface area contributed by atoms with Crippen molar-refractivity contribution in [3.05, 3.63) is 17.6 Å². The summed E-state index contributed by atoms with van der Waals surface area (Å²) in [4.78, 5) is 8.49. The molecule has 66 valence electrons. The monoisotopic (exact) mass is 166 g/mol. The van der Waals surface area contributed by atoms with Crippen LogP contribution in [0.3, 0.4) is 0 Å². The number of aromatic nitrogens is 2. The molecule has 0 spiro atoms. The van der Waals surface area contributed by atoms with Crippen molar-refractivity contribution >= 4 is 0 Å². The van der Waals surface area contributed by atoms with Gasteiger partial charge in [0, 0.05) is 6.20 Å². The fourth-order valence-corrected chi connectivity index (χ4v) is 0.917. The van der Waals surface area contributed by atoms with Gasteiger partial charge in [0.1, 0.15) is 0 Å². The summed E-state index contributed by atoms with van der Waals surface area (Å²) in [6.45, 7) is 6.05. The smallest absolute Gasteiger partial charge is 0.235 e. The zero-order chi connectivity index (χ0) is 9.14. The van der Waals surface area contributed by atoms with E-state index in [0.29, 0.717) is 11.8 Å². The quantitative estimate of drug-likeness (QED) is 0.673. The van der Waals surface area contributed by atoms with E-state index < -0.39 is 0 Å². The van der Waals surface area contributed by atoms with Crippen molar-refractivity contribution in [2.75, 3.05) is 7.11 Å². The normalized spacial score (nSPS) is 10.4. The van der Waals surface area contributed by atoms with Crippen LogP contribution >= 0.6 is 0 Å². The highest BCUT2D eigenvalue weighted by molar-refractivity contribution is 5.19. The molecule has 0 radical (unpaired) electrons. The highest BCUT2D eigenvalue weighted by Crippen LogP contribution is 2.16. The Labute approximate surface area is 72.8 Å². The highest BCUT2D eigenvalue weighted by atomic mass is 16.5. The van der Waals surface area contributed by atoms with Gasteiger partial charge in [-0.3, -0.25) is 4.98 Å². The third kappa shape index (κ3) is 1.72. The first-order chi connectivity index (χ1) is 5.65. The molecule has 1 heterocycles. The van der Waals surface area contributed by atoms with Crippen molar-refractivity contribution in [2.45, 2.75) is 26.7 Å². The molecule has 0 N–H and O–H groups in total. The fourth-order valence-electron chi connectivity index (χ4n) is 0.917. The standard InChI is InChI=1S/C9H14N2O/c1-6(2)8-5-10-7(3)9(11-8)12-4/h5-6H,1-4H3. The number of methoxy groups -OCH3 is 1. The molecule has 1 rings (SSSR count). The lowest BCUT2D eigenvalue weighted by Crippen LogP contribution is -1.99. The summed E-state index contributed by atoms with van der Waals surface area (Å²) in [7, 11) is 1.61. The van der Waals surface area contributed by atoms with Crippen molar-refractivity contribution in [3.63, 3.8) is 0 Å². The van der Waals surface area contributed by atoms with Gasteiger partial charge in [-0.2, -0.15) is 0 Å². The summed E-state index contributed by atoms with van der Waals surface area (Å²) in [6, 6.07) is 0. The van der Waals surface area contributed by atoms with E-state index in [-0.39, 0.29) is 0 Å². The van der Waals surface area contributed by atoms with Crippen LogP contribution in [0.2, 0.25) is 0 Å². The van der Waals surface area contributed by atoms with Gasteiger partial charge in [0.2, 0.25) is 5.88 Å². The first-order valence-electron chi connectivity index (χ1n) is 4.02. The number of hydrogen-bond donors (Lipinski definition) is 0. The molecule has 0 amide bonds. The second kappa shape index (κ2) is 3.52. The van der Waals surface area contributed by atoms with Gasteiger partial charge in [-0.15, -0.1) is 0 Å². The molecule has 1 aromatic heterocycles. The minimum atomic E-state index is 0.395. The minimum Gasteiger partial charge on any atom is -0.480 e. The van der Waals surface area contributed by atoms with Crippen molar-refractivity contribution in [2.24, 2.45) is 0 Å². The molecule has 3 heteroatoms. The van der Waals surface area contributed by atoms with Gasteiger partial charge in [-0.1, -0.05) is 13.8 Å². The molecule has 0 aliphatic heterocycles. The first-order valence-corrected chi connectivity index (χ1v) is 4.02. The van der Waals surface area contributed by atoms with Gasteiger partial charge in [0.05, 0.1) is 18.5 Å². The predicted octanol–water partition coefficient (Wildman–Crippen LogP) is 1.92. The van der Waals surface area contributed by atoms with Crippen LogP contribution in [0, 0.1) is 6.92 Å². The molecule has 0 unspecified atom stereocenters. The number of nitrogens with zero attached hydrogens (tertiary/aromatic N) is 2. The van der Waals surface area contributed by atoms with Crippen LogP contribution in [-0.2, 0) is 0 Å². The van der Waals surface area contributed by atoms with E-state index in [1.807, 2.05) is 6.92 Å². The second-order valence-corrected chi connectivity index (χ2v) is 3.04. The summed E-state index contributed by atoms with van der Waals surface area (Å²) in [5.41, 5.74) is 1.80.